The molecule has 2 heteroatoms. The fourth-order valence-electron chi connectivity index (χ4n) is 3.07. The maximum atomic E-state index is 9.35. The Morgan fingerprint density at radius 3 is 2.39 bits per heavy atom. The largest absolute Gasteiger partial charge is 0.508 e. The molecule has 1 aromatic carbocycles. The van der Waals surface area contributed by atoms with Crippen molar-refractivity contribution >= 4 is 0 Å². The SMILES string of the molecule is CCC(N[C@H](C)C1CCCC1)c1ccc(O)cc1. The lowest BCUT2D eigenvalue weighted by Gasteiger charge is -2.27. The van der Waals surface area contributed by atoms with E-state index in [2.05, 4.69) is 19.2 Å². The third-order valence-corrected chi connectivity index (χ3v) is 4.27. The summed E-state index contributed by atoms with van der Waals surface area (Å²) in [6.07, 6.45) is 6.63. The van der Waals surface area contributed by atoms with E-state index in [1.54, 1.807) is 12.1 Å². The Morgan fingerprint density at radius 2 is 1.83 bits per heavy atom. The van der Waals surface area contributed by atoms with Gasteiger partial charge in [-0.15, -0.1) is 0 Å². The van der Waals surface area contributed by atoms with Crippen LogP contribution in [-0.4, -0.2) is 11.1 Å². The molecule has 1 unspecified atom stereocenters. The van der Waals surface area contributed by atoms with Gasteiger partial charge in [0.25, 0.3) is 0 Å². The van der Waals surface area contributed by atoms with E-state index >= 15 is 0 Å². The van der Waals surface area contributed by atoms with Crippen LogP contribution in [-0.2, 0) is 0 Å². The van der Waals surface area contributed by atoms with Crippen LogP contribution < -0.4 is 5.32 Å². The molecule has 2 atom stereocenters. The predicted molar refractivity (Wildman–Crippen MR) is 75.7 cm³/mol. The number of benzene rings is 1. The minimum Gasteiger partial charge on any atom is -0.508 e. The number of hydrogen-bond acceptors (Lipinski definition) is 2. The van der Waals surface area contributed by atoms with E-state index < -0.39 is 0 Å². The summed E-state index contributed by atoms with van der Waals surface area (Å²) in [6, 6.07) is 8.60. The van der Waals surface area contributed by atoms with Crippen LogP contribution in [0.1, 0.15) is 57.6 Å². The molecule has 0 heterocycles. The van der Waals surface area contributed by atoms with Gasteiger partial charge in [0, 0.05) is 12.1 Å². The maximum absolute atomic E-state index is 9.35. The number of phenols is 1. The predicted octanol–water partition coefficient (Wildman–Crippen LogP) is 4.01. The fraction of sp³-hybridized carbons (Fsp3) is 0.625. The molecule has 0 aliphatic heterocycles. The van der Waals surface area contributed by atoms with E-state index in [4.69, 9.17) is 0 Å². The molecule has 2 N–H and O–H groups in total. The summed E-state index contributed by atoms with van der Waals surface area (Å²) in [5.74, 6) is 1.19. The fourth-order valence-corrected chi connectivity index (χ4v) is 3.07. The van der Waals surface area contributed by atoms with Crippen molar-refractivity contribution in [2.45, 2.75) is 58.0 Å². The second-order valence-corrected chi connectivity index (χ2v) is 5.55. The quantitative estimate of drug-likeness (QED) is 0.824. The summed E-state index contributed by atoms with van der Waals surface area (Å²) < 4.78 is 0. The molecule has 1 saturated carbocycles. The van der Waals surface area contributed by atoms with Crippen molar-refractivity contribution in [1.82, 2.24) is 5.32 Å². The highest BCUT2D eigenvalue weighted by atomic mass is 16.3. The molecule has 100 valence electrons. The summed E-state index contributed by atoms with van der Waals surface area (Å²) in [5.41, 5.74) is 1.28. The van der Waals surface area contributed by atoms with Crippen molar-refractivity contribution in [3.8, 4) is 5.75 Å². The van der Waals surface area contributed by atoms with Crippen molar-refractivity contribution in [3.63, 3.8) is 0 Å². The summed E-state index contributed by atoms with van der Waals surface area (Å²) in [4.78, 5) is 0. The highest BCUT2D eigenvalue weighted by Gasteiger charge is 2.23. The second kappa shape index (κ2) is 6.24. The van der Waals surface area contributed by atoms with Crippen LogP contribution in [0.3, 0.4) is 0 Å². The van der Waals surface area contributed by atoms with Crippen molar-refractivity contribution in [1.29, 1.82) is 0 Å². The van der Waals surface area contributed by atoms with Crippen molar-refractivity contribution in [3.05, 3.63) is 29.8 Å². The van der Waals surface area contributed by atoms with Gasteiger partial charge >= 0.3 is 0 Å². The zero-order valence-electron chi connectivity index (χ0n) is 11.5. The van der Waals surface area contributed by atoms with Crippen LogP contribution in [0, 0.1) is 5.92 Å². The van der Waals surface area contributed by atoms with Crippen LogP contribution >= 0.6 is 0 Å². The Balaban J connectivity index is 1.97. The van der Waals surface area contributed by atoms with Gasteiger partial charge in [0.05, 0.1) is 0 Å². The van der Waals surface area contributed by atoms with Gasteiger partial charge in [-0.3, -0.25) is 0 Å². The monoisotopic (exact) mass is 247 g/mol. The van der Waals surface area contributed by atoms with Gasteiger partial charge in [-0.25, -0.2) is 0 Å². The number of aromatic hydroxyl groups is 1. The molecule has 0 saturated heterocycles. The molecular formula is C16H25NO. The van der Waals surface area contributed by atoms with E-state index in [1.165, 1.54) is 31.2 Å². The molecule has 1 aliphatic rings. The maximum Gasteiger partial charge on any atom is 0.115 e. The number of hydrogen-bond donors (Lipinski definition) is 2. The summed E-state index contributed by atoms with van der Waals surface area (Å²) >= 11 is 0. The normalized spacial score (nSPS) is 19.9. The van der Waals surface area contributed by atoms with Crippen molar-refractivity contribution < 1.29 is 5.11 Å². The van der Waals surface area contributed by atoms with E-state index in [9.17, 15) is 5.11 Å². The first-order chi connectivity index (χ1) is 8.70. The molecule has 1 aromatic rings. The highest BCUT2D eigenvalue weighted by molar-refractivity contribution is 5.28. The lowest BCUT2D eigenvalue weighted by molar-refractivity contribution is 0.339. The summed E-state index contributed by atoms with van der Waals surface area (Å²) in [6.45, 7) is 4.53. The van der Waals surface area contributed by atoms with Gasteiger partial charge in [0.15, 0.2) is 0 Å². The lowest BCUT2D eigenvalue weighted by atomic mass is 9.96. The van der Waals surface area contributed by atoms with E-state index in [-0.39, 0.29) is 0 Å². The van der Waals surface area contributed by atoms with E-state index in [0.717, 1.165) is 12.3 Å². The molecule has 0 aromatic heterocycles. The van der Waals surface area contributed by atoms with Gasteiger partial charge < -0.3 is 10.4 Å². The molecule has 2 nitrogen and oxygen atoms in total. The molecule has 0 radical (unpaired) electrons. The van der Waals surface area contributed by atoms with Crippen molar-refractivity contribution in [2.75, 3.05) is 0 Å². The Labute approximate surface area is 110 Å². The van der Waals surface area contributed by atoms with Crippen LogP contribution in [0.4, 0.5) is 0 Å². The third kappa shape index (κ3) is 3.26. The van der Waals surface area contributed by atoms with Gasteiger partial charge in [-0.05, 0) is 49.8 Å². The topological polar surface area (TPSA) is 32.3 Å². The molecule has 2 rings (SSSR count). The first-order valence-electron chi connectivity index (χ1n) is 7.25. The first kappa shape index (κ1) is 13.4. The summed E-state index contributed by atoms with van der Waals surface area (Å²) in [7, 11) is 0. The van der Waals surface area contributed by atoms with E-state index in [0.29, 0.717) is 17.8 Å². The molecule has 0 bridgehead atoms. The first-order valence-corrected chi connectivity index (χ1v) is 7.25. The average molecular weight is 247 g/mol. The highest BCUT2D eigenvalue weighted by Crippen LogP contribution is 2.29. The van der Waals surface area contributed by atoms with Gasteiger partial charge in [-0.1, -0.05) is 31.9 Å². The van der Waals surface area contributed by atoms with Crippen molar-refractivity contribution in [2.24, 2.45) is 5.92 Å². The Morgan fingerprint density at radius 1 is 1.22 bits per heavy atom. The molecular weight excluding hydrogens is 222 g/mol. The number of rotatable bonds is 5. The van der Waals surface area contributed by atoms with Crippen LogP contribution in [0.15, 0.2) is 24.3 Å². The Kier molecular flexibility index (Phi) is 4.65. The molecule has 1 aliphatic carbocycles. The Hall–Kier alpha value is -1.02. The third-order valence-electron chi connectivity index (χ3n) is 4.27. The van der Waals surface area contributed by atoms with Gasteiger partial charge in [0.1, 0.15) is 5.75 Å². The zero-order chi connectivity index (χ0) is 13.0. The van der Waals surface area contributed by atoms with Gasteiger partial charge in [0.2, 0.25) is 0 Å². The minimum atomic E-state index is 0.345. The number of nitrogens with one attached hydrogen (secondary N) is 1. The van der Waals surface area contributed by atoms with E-state index in [1.807, 2.05) is 12.1 Å². The average Bonchev–Trinajstić information content (AvgIpc) is 2.91. The molecule has 18 heavy (non-hydrogen) atoms. The number of phenolic OH excluding ortho intramolecular Hbond substituents is 1. The lowest BCUT2D eigenvalue weighted by Crippen LogP contribution is -2.35. The zero-order valence-corrected chi connectivity index (χ0v) is 11.5. The van der Waals surface area contributed by atoms with Crippen LogP contribution in [0.2, 0.25) is 0 Å². The second-order valence-electron chi connectivity index (χ2n) is 5.55. The van der Waals surface area contributed by atoms with Crippen LogP contribution in [0.25, 0.3) is 0 Å². The minimum absolute atomic E-state index is 0.345. The Bertz CT molecular complexity index is 354. The molecule has 1 fully saturated rings. The van der Waals surface area contributed by atoms with Crippen LogP contribution in [0.5, 0.6) is 5.75 Å². The smallest absolute Gasteiger partial charge is 0.115 e. The summed E-state index contributed by atoms with van der Waals surface area (Å²) in [5, 5.41) is 13.1. The van der Waals surface area contributed by atoms with Gasteiger partial charge in [-0.2, -0.15) is 0 Å². The standard InChI is InChI=1S/C16H25NO/c1-3-16(14-8-10-15(18)11-9-14)17-12(2)13-6-4-5-7-13/h8-13,16-18H,3-7H2,1-2H3/t12-,16?/m1/s1. The molecule has 0 spiro atoms. The molecule has 0 amide bonds.